The van der Waals surface area contributed by atoms with E-state index in [4.69, 9.17) is 22.1 Å². The van der Waals surface area contributed by atoms with Gasteiger partial charge in [-0.3, -0.25) is 0 Å². The molecule has 3 rings (SSSR count). The Bertz CT molecular complexity index is 610. The summed E-state index contributed by atoms with van der Waals surface area (Å²) in [6.45, 7) is 1.52. The fourth-order valence-corrected chi connectivity index (χ4v) is 3.64. The Kier molecular flexibility index (Phi) is 4.30. The molecule has 20 heavy (non-hydrogen) atoms. The van der Waals surface area contributed by atoms with E-state index >= 15 is 0 Å². The second kappa shape index (κ2) is 6.01. The van der Waals surface area contributed by atoms with Crippen LogP contribution >= 0.6 is 34.2 Å². The summed E-state index contributed by atoms with van der Waals surface area (Å²) in [5.74, 6) is 0.357. The Morgan fingerprint density at radius 1 is 1.50 bits per heavy atom. The highest BCUT2D eigenvalue weighted by molar-refractivity contribution is 14.1. The Balaban J connectivity index is 1.97. The van der Waals surface area contributed by atoms with Gasteiger partial charge in [-0.2, -0.15) is 0 Å². The Labute approximate surface area is 136 Å². The molecule has 2 N–H and O–H groups in total. The molecule has 0 bridgehead atoms. The van der Waals surface area contributed by atoms with E-state index in [2.05, 4.69) is 27.6 Å². The van der Waals surface area contributed by atoms with Gasteiger partial charge in [-0.05, 0) is 47.2 Å². The van der Waals surface area contributed by atoms with Gasteiger partial charge in [-0.1, -0.05) is 11.6 Å². The minimum atomic E-state index is -0.0634. The van der Waals surface area contributed by atoms with Crippen LogP contribution in [0.4, 0.5) is 0 Å². The lowest BCUT2D eigenvalue weighted by atomic mass is 9.97. The summed E-state index contributed by atoms with van der Waals surface area (Å²) in [7, 11) is 0. The van der Waals surface area contributed by atoms with Crippen molar-refractivity contribution in [2.75, 3.05) is 13.2 Å². The van der Waals surface area contributed by atoms with Gasteiger partial charge in [0.25, 0.3) is 0 Å². The van der Waals surface area contributed by atoms with Crippen LogP contribution in [0.25, 0.3) is 5.69 Å². The highest BCUT2D eigenvalue weighted by Gasteiger charge is 2.26. The van der Waals surface area contributed by atoms with E-state index in [1.54, 1.807) is 6.33 Å². The van der Waals surface area contributed by atoms with Crippen molar-refractivity contribution in [1.82, 2.24) is 9.55 Å². The van der Waals surface area contributed by atoms with Crippen molar-refractivity contribution in [2.45, 2.75) is 12.5 Å². The Morgan fingerprint density at radius 2 is 2.35 bits per heavy atom. The molecule has 1 aliphatic rings. The van der Waals surface area contributed by atoms with Gasteiger partial charge in [0.1, 0.15) is 0 Å². The summed E-state index contributed by atoms with van der Waals surface area (Å²) in [5.41, 5.74) is 8.46. The van der Waals surface area contributed by atoms with Crippen molar-refractivity contribution in [2.24, 2.45) is 11.7 Å². The van der Waals surface area contributed by atoms with Crippen LogP contribution in [0.1, 0.15) is 18.2 Å². The molecule has 2 heterocycles. The summed E-state index contributed by atoms with van der Waals surface area (Å²) in [4.78, 5) is 4.26. The molecule has 2 atom stereocenters. The highest BCUT2D eigenvalue weighted by atomic mass is 127. The van der Waals surface area contributed by atoms with Gasteiger partial charge in [0.2, 0.25) is 0 Å². The molecule has 4 nitrogen and oxygen atoms in total. The topological polar surface area (TPSA) is 53.1 Å². The summed E-state index contributed by atoms with van der Waals surface area (Å²) in [6, 6.07) is 5.75. The third-order valence-corrected chi connectivity index (χ3v) is 4.75. The van der Waals surface area contributed by atoms with Crippen LogP contribution < -0.4 is 5.73 Å². The van der Waals surface area contributed by atoms with E-state index in [9.17, 15) is 0 Å². The minimum Gasteiger partial charge on any atom is -0.381 e. The number of aromatic nitrogens is 2. The number of benzene rings is 1. The van der Waals surface area contributed by atoms with Crippen LogP contribution in [0.3, 0.4) is 0 Å². The predicted molar refractivity (Wildman–Crippen MR) is 87.1 cm³/mol. The van der Waals surface area contributed by atoms with Gasteiger partial charge >= 0.3 is 0 Å². The number of halogens is 2. The molecule has 0 aliphatic carbocycles. The van der Waals surface area contributed by atoms with Crippen molar-refractivity contribution in [3.05, 3.63) is 45.0 Å². The van der Waals surface area contributed by atoms with E-state index < -0.39 is 0 Å². The Hall–Kier alpha value is -0.630. The maximum absolute atomic E-state index is 6.39. The number of hydrogen-bond acceptors (Lipinski definition) is 3. The zero-order valence-corrected chi connectivity index (χ0v) is 13.7. The van der Waals surface area contributed by atoms with E-state index in [-0.39, 0.29) is 6.04 Å². The first kappa shape index (κ1) is 14.3. The average molecular weight is 404 g/mol. The van der Waals surface area contributed by atoms with Crippen LogP contribution in [0.2, 0.25) is 5.02 Å². The number of imidazole rings is 1. The fourth-order valence-electron chi connectivity index (χ4n) is 2.51. The van der Waals surface area contributed by atoms with Crippen molar-refractivity contribution in [3.8, 4) is 5.69 Å². The number of nitrogens with zero attached hydrogens (tertiary/aromatic N) is 2. The monoisotopic (exact) mass is 403 g/mol. The number of hydrogen-bond donors (Lipinski definition) is 1. The molecule has 0 saturated carbocycles. The van der Waals surface area contributed by atoms with Gasteiger partial charge in [0.05, 0.1) is 36.6 Å². The van der Waals surface area contributed by atoms with Gasteiger partial charge in [-0.25, -0.2) is 4.98 Å². The lowest BCUT2D eigenvalue weighted by Gasteiger charge is -2.20. The molecule has 0 radical (unpaired) electrons. The number of ether oxygens (including phenoxy) is 1. The molecule has 2 unspecified atom stereocenters. The molecule has 1 saturated heterocycles. The molecule has 1 fully saturated rings. The minimum absolute atomic E-state index is 0.0634. The highest BCUT2D eigenvalue weighted by Crippen LogP contribution is 2.29. The second-order valence-electron chi connectivity index (χ2n) is 4.93. The first-order valence-electron chi connectivity index (χ1n) is 6.48. The third kappa shape index (κ3) is 2.72. The quantitative estimate of drug-likeness (QED) is 0.801. The van der Waals surface area contributed by atoms with Crippen LogP contribution in [-0.4, -0.2) is 22.8 Å². The van der Waals surface area contributed by atoms with E-state index in [1.807, 2.05) is 29.0 Å². The molecule has 0 spiro atoms. The molecule has 1 aromatic heterocycles. The molecule has 106 valence electrons. The molecule has 0 amide bonds. The molecular formula is C14H15ClIN3O. The zero-order valence-electron chi connectivity index (χ0n) is 10.8. The first-order valence-corrected chi connectivity index (χ1v) is 7.93. The van der Waals surface area contributed by atoms with Crippen molar-refractivity contribution < 1.29 is 4.74 Å². The smallest absolute Gasteiger partial charge is 0.0995 e. The number of nitrogens with two attached hydrogens (primary N) is 1. The van der Waals surface area contributed by atoms with Gasteiger partial charge in [0.15, 0.2) is 0 Å². The zero-order chi connectivity index (χ0) is 14.1. The second-order valence-corrected chi connectivity index (χ2v) is 6.53. The maximum atomic E-state index is 6.39. The van der Waals surface area contributed by atoms with Crippen LogP contribution in [0, 0.1) is 9.49 Å². The predicted octanol–water partition coefficient (Wildman–Crippen LogP) is 3.17. The molecular weight excluding hydrogens is 389 g/mol. The normalized spacial score (nSPS) is 20.2. The van der Waals surface area contributed by atoms with E-state index in [1.165, 1.54) is 0 Å². The largest absolute Gasteiger partial charge is 0.381 e. The van der Waals surface area contributed by atoms with Crippen LogP contribution in [0.15, 0.2) is 30.7 Å². The van der Waals surface area contributed by atoms with Crippen molar-refractivity contribution >= 4 is 34.2 Å². The van der Waals surface area contributed by atoms with E-state index in [0.29, 0.717) is 5.92 Å². The molecule has 1 aromatic carbocycles. The Morgan fingerprint density at radius 3 is 3.05 bits per heavy atom. The lowest BCUT2D eigenvalue weighted by Crippen LogP contribution is -2.24. The van der Waals surface area contributed by atoms with E-state index in [0.717, 1.165) is 39.6 Å². The molecule has 6 heteroatoms. The van der Waals surface area contributed by atoms with Crippen LogP contribution in [-0.2, 0) is 4.74 Å². The lowest BCUT2D eigenvalue weighted by molar-refractivity contribution is 0.180. The van der Waals surface area contributed by atoms with Crippen molar-refractivity contribution in [1.29, 1.82) is 0 Å². The van der Waals surface area contributed by atoms with Crippen molar-refractivity contribution in [3.63, 3.8) is 0 Å². The molecule has 2 aromatic rings. The summed E-state index contributed by atoms with van der Waals surface area (Å²) in [5, 5.41) is 0.730. The van der Waals surface area contributed by atoms with Gasteiger partial charge in [0, 0.05) is 21.1 Å². The SMILES string of the molecule is NC(c1cncn1-c1ccc(Cl)cc1I)C1CCOC1. The third-order valence-electron chi connectivity index (χ3n) is 3.65. The first-order chi connectivity index (χ1) is 9.66. The average Bonchev–Trinajstić information content (AvgIpc) is 3.09. The maximum Gasteiger partial charge on any atom is 0.0995 e. The summed E-state index contributed by atoms with van der Waals surface area (Å²) < 4.78 is 8.55. The summed E-state index contributed by atoms with van der Waals surface area (Å²) >= 11 is 8.29. The van der Waals surface area contributed by atoms with Gasteiger partial charge in [-0.15, -0.1) is 0 Å². The van der Waals surface area contributed by atoms with Crippen LogP contribution in [0.5, 0.6) is 0 Å². The number of rotatable bonds is 3. The standard InChI is InChI=1S/C14H15ClIN3O/c15-10-1-2-12(11(16)5-10)19-8-18-6-13(19)14(17)9-3-4-20-7-9/h1-2,5-6,8-9,14H,3-4,7,17H2. The molecule has 1 aliphatic heterocycles. The summed E-state index contributed by atoms with van der Waals surface area (Å²) in [6.07, 6.45) is 4.65. The van der Waals surface area contributed by atoms with Gasteiger partial charge < -0.3 is 15.0 Å². The fraction of sp³-hybridized carbons (Fsp3) is 0.357.